The minimum Gasteiger partial charge on any atom is -0.505 e. The SMILES string of the molecule is O=S(=O)(Nc1ccccc1I)c1cc(Br)cc(Cl)c1O. The molecule has 0 heterocycles. The molecule has 4 nitrogen and oxygen atoms in total. The highest BCUT2D eigenvalue weighted by molar-refractivity contribution is 14.1. The van der Waals surface area contributed by atoms with E-state index in [0.29, 0.717) is 10.2 Å². The molecule has 0 amide bonds. The second-order valence-electron chi connectivity index (χ2n) is 3.82. The van der Waals surface area contributed by atoms with Gasteiger partial charge in [-0.2, -0.15) is 0 Å². The van der Waals surface area contributed by atoms with Crippen LogP contribution in [0.2, 0.25) is 5.02 Å². The molecule has 0 saturated heterocycles. The number of hydrogen-bond acceptors (Lipinski definition) is 3. The fourth-order valence-corrected chi connectivity index (χ4v) is 4.44. The number of halogens is 3. The Morgan fingerprint density at radius 2 is 1.90 bits per heavy atom. The maximum Gasteiger partial charge on any atom is 0.265 e. The molecule has 106 valence electrons. The number of hydrogen-bond donors (Lipinski definition) is 2. The fraction of sp³-hybridized carbons (Fsp3) is 0. The Morgan fingerprint density at radius 3 is 2.55 bits per heavy atom. The summed E-state index contributed by atoms with van der Waals surface area (Å²) < 4.78 is 28.3. The zero-order valence-electron chi connectivity index (χ0n) is 9.77. The molecule has 2 rings (SSSR count). The molecule has 0 aliphatic heterocycles. The first-order valence-corrected chi connectivity index (χ1v) is 9.00. The van der Waals surface area contributed by atoms with Crippen LogP contribution in [-0.2, 0) is 10.0 Å². The molecule has 8 heteroatoms. The van der Waals surface area contributed by atoms with E-state index in [-0.39, 0.29) is 9.92 Å². The Kier molecular flexibility index (Phi) is 4.83. The van der Waals surface area contributed by atoms with Gasteiger partial charge in [-0.05, 0) is 46.9 Å². The fourth-order valence-electron chi connectivity index (χ4n) is 1.49. The van der Waals surface area contributed by atoms with Crippen LogP contribution < -0.4 is 4.72 Å². The minimum atomic E-state index is -3.93. The highest BCUT2D eigenvalue weighted by Gasteiger charge is 2.22. The minimum absolute atomic E-state index is 0.0393. The van der Waals surface area contributed by atoms with Crippen LogP contribution in [0.25, 0.3) is 0 Å². The van der Waals surface area contributed by atoms with Crippen LogP contribution in [0.4, 0.5) is 5.69 Å². The van der Waals surface area contributed by atoms with Gasteiger partial charge in [-0.25, -0.2) is 8.42 Å². The standard InChI is InChI=1S/C12H8BrClINO3S/c13-7-5-8(14)12(17)11(6-7)20(18,19)16-10-4-2-1-3-9(10)15/h1-6,16-17H. The smallest absolute Gasteiger partial charge is 0.265 e. The number of aromatic hydroxyl groups is 1. The molecule has 0 atom stereocenters. The molecule has 0 aliphatic rings. The second kappa shape index (κ2) is 6.08. The third-order valence-electron chi connectivity index (χ3n) is 2.40. The van der Waals surface area contributed by atoms with E-state index < -0.39 is 15.8 Å². The molecule has 0 unspecified atom stereocenters. The van der Waals surface area contributed by atoms with Crippen molar-refractivity contribution in [2.45, 2.75) is 4.90 Å². The van der Waals surface area contributed by atoms with Gasteiger partial charge < -0.3 is 5.11 Å². The molecular formula is C12H8BrClINO3S. The number of benzene rings is 2. The second-order valence-corrected chi connectivity index (χ2v) is 7.96. The van der Waals surface area contributed by atoms with Crippen molar-refractivity contribution in [3.8, 4) is 5.75 Å². The Bertz CT molecular complexity index is 767. The number of rotatable bonds is 3. The Morgan fingerprint density at radius 1 is 1.25 bits per heavy atom. The van der Waals surface area contributed by atoms with E-state index in [1.165, 1.54) is 12.1 Å². The monoisotopic (exact) mass is 487 g/mol. The van der Waals surface area contributed by atoms with Crippen molar-refractivity contribution in [2.24, 2.45) is 0 Å². The van der Waals surface area contributed by atoms with E-state index in [1.54, 1.807) is 24.3 Å². The predicted octanol–water partition coefficient (Wildman–Crippen LogP) is 4.21. The van der Waals surface area contributed by atoms with E-state index in [0.717, 1.165) is 3.57 Å². The molecule has 0 aliphatic carbocycles. The lowest BCUT2D eigenvalue weighted by atomic mass is 10.3. The summed E-state index contributed by atoms with van der Waals surface area (Å²) in [4.78, 5) is -0.281. The normalized spacial score (nSPS) is 11.3. The molecule has 0 saturated carbocycles. The summed E-state index contributed by atoms with van der Waals surface area (Å²) in [6, 6.07) is 9.63. The average molecular weight is 489 g/mol. The third kappa shape index (κ3) is 3.38. The number of anilines is 1. The van der Waals surface area contributed by atoms with E-state index in [1.807, 2.05) is 22.6 Å². The van der Waals surface area contributed by atoms with Crippen LogP contribution in [0.15, 0.2) is 45.8 Å². The number of nitrogens with one attached hydrogen (secondary N) is 1. The molecule has 0 aromatic heterocycles. The maximum atomic E-state index is 12.3. The lowest BCUT2D eigenvalue weighted by molar-refractivity contribution is 0.459. The van der Waals surface area contributed by atoms with Crippen molar-refractivity contribution < 1.29 is 13.5 Å². The van der Waals surface area contributed by atoms with Crippen molar-refractivity contribution in [1.29, 1.82) is 0 Å². The van der Waals surface area contributed by atoms with E-state index in [9.17, 15) is 13.5 Å². The summed E-state index contributed by atoms with van der Waals surface area (Å²) in [5.74, 6) is -0.478. The van der Waals surface area contributed by atoms with Gasteiger partial charge in [-0.1, -0.05) is 39.7 Å². The van der Waals surface area contributed by atoms with Crippen LogP contribution in [0.1, 0.15) is 0 Å². The quantitative estimate of drug-likeness (QED) is 0.636. The van der Waals surface area contributed by atoms with Crippen molar-refractivity contribution >= 4 is 65.8 Å². The number of para-hydroxylation sites is 1. The first-order chi connectivity index (χ1) is 9.31. The number of sulfonamides is 1. The zero-order chi connectivity index (χ0) is 14.9. The van der Waals surface area contributed by atoms with Gasteiger partial charge in [-0.15, -0.1) is 0 Å². The van der Waals surface area contributed by atoms with E-state index in [4.69, 9.17) is 11.6 Å². The number of phenols is 1. The number of phenolic OH excluding ortho intramolecular Hbond substituents is 1. The first-order valence-electron chi connectivity index (χ1n) is 5.26. The lowest BCUT2D eigenvalue weighted by Crippen LogP contribution is -2.14. The van der Waals surface area contributed by atoms with E-state index in [2.05, 4.69) is 20.7 Å². The van der Waals surface area contributed by atoms with Gasteiger partial charge in [0.05, 0.1) is 10.7 Å². The van der Waals surface area contributed by atoms with Crippen molar-refractivity contribution in [3.63, 3.8) is 0 Å². The van der Waals surface area contributed by atoms with Crippen LogP contribution >= 0.6 is 50.1 Å². The molecular weight excluding hydrogens is 480 g/mol. The summed E-state index contributed by atoms with van der Waals surface area (Å²) in [6.07, 6.45) is 0. The van der Waals surface area contributed by atoms with Crippen molar-refractivity contribution in [3.05, 3.63) is 49.5 Å². The van der Waals surface area contributed by atoms with Gasteiger partial charge in [0.2, 0.25) is 0 Å². The molecule has 0 bridgehead atoms. The highest BCUT2D eigenvalue weighted by Crippen LogP contribution is 2.35. The summed E-state index contributed by atoms with van der Waals surface area (Å²) in [5, 5.41) is 9.79. The maximum absolute atomic E-state index is 12.3. The zero-order valence-corrected chi connectivity index (χ0v) is 15.1. The van der Waals surface area contributed by atoms with Gasteiger partial charge in [0.1, 0.15) is 4.90 Å². The Labute approximate surface area is 143 Å². The van der Waals surface area contributed by atoms with Crippen LogP contribution in [0.5, 0.6) is 5.75 Å². The van der Waals surface area contributed by atoms with Crippen molar-refractivity contribution in [1.82, 2.24) is 0 Å². The Hall–Kier alpha value is -0.510. The molecule has 0 fully saturated rings. The molecule has 0 radical (unpaired) electrons. The van der Waals surface area contributed by atoms with Crippen LogP contribution in [-0.4, -0.2) is 13.5 Å². The van der Waals surface area contributed by atoms with Gasteiger partial charge >= 0.3 is 0 Å². The van der Waals surface area contributed by atoms with Gasteiger partial charge in [0, 0.05) is 8.04 Å². The highest BCUT2D eigenvalue weighted by atomic mass is 127. The third-order valence-corrected chi connectivity index (χ3v) is 5.47. The summed E-state index contributed by atoms with van der Waals surface area (Å²) in [6.45, 7) is 0. The van der Waals surface area contributed by atoms with Crippen LogP contribution in [0.3, 0.4) is 0 Å². The molecule has 0 spiro atoms. The predicted molar refractivity (Wildman–Crippen MR) is 90.8 cm³/mol. The summed E-state index contributed by atoms with van der Waals surface area (Å²) in [5.41, 5.74) is 0.434. The average Bonchev–Trinajstić information content (AvgIpc) is 2.36. The molecule has 2 N–H and O–H groups in total. The van der Waals surface area contributed by atoms with Gasteiger partial charge in [-0.3, -0.25) is 4.72 Å². The lowest BCUT2D eigenvalue weighted by Gasteiger charge is -2.12. The van der Waals surface area contributed by atoms with Gasteiger partial charge in [0.25, 0.3) is 10.0 Å². The first kappa shape index (κ1) is 15.9. The summed E-state index contributed by atoms with van der Waals surface area (Å²) >= 11 is 11.0. The van der Waals surface area contributed by atoms with Gasteiger partial charge in [0.15, 0.2) is 5.75 Å². The molecule has 20 heavy (non-hydrogen) atoms. The van der Waals surface area contributed by atoms with E-state index >= 15 is 0 Å². The van der Waals surface area contributed by atoms with Crippen molar-refractivity contribution in [2.75, 3.05) is 4.72 Å². The molecule has 2 aromatic carbocycles. The Balaban J connectivity index is 2.49. The topological polar surface area (TPSA) is 66.4 Å². The van der Waals surface area contributed by atoms with Crippen LogP contribution in [0, 0.1) is 3.57 Å². The summed E-state index contributed by atoms with van der Waals surface area (Å²) in [7, 11) is -3.93. The largest absolute Gasteiger partial charge is 0.505 e. The molecule has 2 aromatic rings.